The molecule has 0 saturated heterocycles. The van der Waals surface area contributed by atoms with E-state index < -0.39 is 0 Å². The Labute approximate surface area is 93.7 Å². The molecule has 1 aliphatic carbocycles. The van der Waals surface area contributed by atoms with Crippen molar-refractivity contribution in [2.45, 2.75) is 52.0 Å². The molecule has 1 saturated carbocycles. The first kappa shape index (κ1) is 12.9. The quantitative estimate of drug-likeness (QED) is 0.404. The van der Waals surface area contributed by atoms with Gasteiger partial charge in [0.1, 0.15) is 0 Å². The van der Waals surface area contributed by atoms with Gasteiger partial charge in [-0.15, -0.1) is 0 Å². The SMILES string of the molecule is CCOCCC(NN)C1CCCC(C)C1. The van der Waals surface area contributed by atoms with Crippen molar-refractivity contribution in [3.8, 4) is 0 Å². The topological polar surface area (TPSA) is 47.3 Å². The van der Waals surface area contributed by atoms with Crippen molar-refractivity contribution in [2.75, 3.05) is 13.2 Å². The van der Waals surface area contributed by atoms with E-state index in [9.17, 15) is 0 Å². The predicted octanol–water partition coefficient (Wildman–Crippen LogP) is 2.07. The van der Waals surface area contributed by atoms with Crippen LogP contribution >= 0.6 is 0 Å². The van der Waals surface area contributed by atoms with Crippen LogP contribution in [0, 0.1) is 11.8 Å². The van der Waals surface area contributed by atoms with Crippen molar-refractivity contribution < 1.29 is 4.74 Å². The predicted molar refractivity (Wildman–Crippen MR) is 63.3 cm³/mol. The summed E-state index contributed by atoms with van der Waals surface area (Å²) in [5.74, 6) is 7.24. The Balaban J connectivity index is 2.29. The Hall–Kier alpha value is -0.120. The van der Waals surface area contributed by atoms with Gasteiger partial charge in [-0.3, -0.25) is 11.3 Å². The normalized spacial score (nSPS) is 29.0. The fourth-order valence-electron chi connectivity index (χ4n) is 2.66. The Morgan fingerprint density at radius 2 is 2.27 bits per heavy atom. The molecule has 0 amide bonds. The summed E-state index contributed by atoms with van der Waals surface area (Å²) in [4.78, 5) is 0. The average molecular weight is 214 g/mol. The molecular weight excluding hydrogens is 188 g/mol. The molecule has 1 aliphatic rings. The van der Waals surface area contributed by atoms with Gasteiger partial charge >= 0.3 is 0 Å². The van der Waals surface area contributed by atoms with Crippen LogP contribution in [0.1, 0.15) is 46.0 Å². The summed E-state index contributed by atoms with van der Waals surface area (Å²) in [5.41, 5.74) is 2.97. The molecule has 1 rings (SSSR count). The molecule has 0 aliphatic heterocycles. The first-order valence-corrected chi connectivity index (χ1v) is 6.31. The summed E-state index contributed by atoms with van der Waals surface area (Å²) in [6, 6.07) is 0.444. The van der Waals surface area contributed by atoms with Gasteiger partial charge in [0.25, 0.3) is 0 Å². The van der Waals surface area contributed by atoms with Crippen LogP contribution in [0.2, 0.25) is 0 Å². The van der Waals surface area contributed by atoms with E-state index >= 15 is 0 Å². The maximum atomic E-state index is 5.63. The number of nitrogens with one attached hydrogen (secondary N) is 1. The second kappa shape index (κ2) is 7.20. The highest BCUT2D eigenvalue weighted by molar-refractivity contribution is 4.80. The van der Waals surface area contributed by atoms with Gasteiger partial charge in [0.15, 0.2) is 0 Å². The van der Waals surface area contributed by atoms with Crippen molar-refractivity contribution in [2.24, 2.45) is 17.7 Å². The largest absolute Gasteiger partial charge is 0.382 e. The van der Waals surface area contributed by atoms with Crippen LogP contribution < -0.4 is 11.3 Å². The molecule has 0 aromatic rings. The van der Waals surface area contributed by atoms with Gasteiger partial charge in [0, 0.05) is 19.3 Å². The van der Waals surface area contributed by atoms with Gasteiger partial charge in [-0.1, -0.05) is 19.8 Å². The zero-order valence-corrected chi connectivity index (χ0v) is 10.2. The van der Waals surface area contributed by atoms with E-state index in [1.807, 2.05) is 6.92 Å². The van der Waals surface area contributed by atoms with Gasteiger partial charge < -0.3 is 4.74 Å². The minimum Gasteiger partial charge on any atom is -0.382 e. The highest BCUT2D eigenvalue weighted by atomic mass is 16.5. The summed E-state index contributed by atoms with van der Waals surface area (Å²) in [6.07, 6.45) is 6.44. The third-order valence-corrected chi connectivity index (χ3v) is 3.54. The molecule has 3 nitrogen and oxygen atoms in total. The summed E-state index contributed by atoms with van der Waals surface area (Å²) in [7, 11) is 0. The number of rotatable bonds is 6. The monoisotopic (exact) mass is 214 g/mol. The van der Waals surface area contributed by atoms with E-state index in [0.29, 0.717) is 6.04 Å². The van der Waals surface area contributed by atoms with Crippen molar-refractivity contribution in [1.29, 1.82) is 0 Å². The number of nitrogens with two attached hydrogens (primary N) is 1. The number of hydrazine groups is 1. The summed E-state index contributed by atoms with van der Waals surface area (Å²) in [6.45, 7) is 6.02. The Morgan fingerprint density at radius 3 is 2.87 bits per heavy atom. The Bertz CT molecular complexity index is 164. The van der Waals surface area contributed by atoms with Crippen LogP contribution in [0.25, 0.3) is 0 Å². The first-order chi connectivity index (χ1) is 7.27. The van der Waals surface area contributed by atoms with Crippen LogP contribution in [0.5, 0.6) is 0 Å². The van der Waals surface area contributed by atoms with E-state index in [4.69, 9.17) is 10.6 Å². The standard InChI is InChI=1S/C12H26N2O/c1-3-15-8-7-12(14-13)11-6-4-5-10(2)9-11/h10-12,14H,3-9,13H2,1-2H3. The fraction of sp³-hybridized carbons (Fsp3) is 1.00. The molecule has 1 fully saturated rings. The minimum atomic E-state index is 0.444. The molecular formula is C12H26N2O. The molecule has 0 radical (unpaired) electrons. The third kappa shape index (κ3) is 4.49. The Kier molecular flexibility index (Phi) is 6.22. The molecule has 15 heavy (non-hydrogen) atoms. The van der Waals surface area contributed by atoms with Crippen LogP contribution in [-0.4, -0.2) is 19.3 Å². The third-order valence-electron chi connectivity index (χ3n) is 3.54. The van der Waals surface area contributed by atoms with Gasteiger partial charge in [-0.2, -0.15) is 0 Å². The smallest absolute Gasteiger partial charge is 0.0481 e. The maximum absolute atomic E-state index is 5.63. The van der Waals surface area contributed by atoms with E-state index in [0.717, 1.165) is 31.5 Å². The van der Waals surface area contributed by atoms with Crippen molar-refractivity contribution in [3.05, 3.63) is 0 Å². The van der Waals surface area contributed by atoms with Crippen LogP contribution in [0.15, 0.2) is 0 Å². The van der Waals surface area contributed by atoms with Crippen LogP contribution in [0.4, 0.5) is 0 Å². The molecule has 3 unspecified atom stereocenters. The van der Waals surface area contributed by atoms with Crippen LogP contribution in [-0.2, 0) is 4.74 Å². The number of hydrogen-bond donors (Lipinski definition) is 2. The second-order valence-corrected chi connectivity index (χ2v) is 4.79. The van der Waals surface area contributed by atoms with Gasteiger partial charge in [-0.25, -0.2) is 0 Å². The zero-order valence-electron chi connectivity index (χ0n) is 10.2. The molecule has 0 aromatic heterocycles. The Morgan fingerprint density at radius 1 is 1.47 bits per heavy atom. The van der Waals surface area contributed by atoms with E-state index in [1.165, 1.54) is 25.7 Å². The fourth-order valence-corrected chi connectivity index (χ4v) is 2.66. The van der Waals surface area contributed by atoms with Gasteiger partial charge in [-0.05, 0) is 38.0 Å². The number of hydrogen-bond acceptors (Lipinski definition) is 3. The summed E-state index contributed by atoms with van der Waals surface area (Å²) < 4.78 is 5.39. The van der Waals surface area contributed by atoms with Crippen LogP contribution in [0.3, 0.4) is 0 Å². The van der Waals surface area contributed by atoms with Crippen molar-refractivity contribution >= 4 is 0 Å². The lowest BCUT2D eigenvalue weighted by molar-refractivity contribution is 0.118. The lowest BCUT2D eigenvalue weighted by Crippen LogP contribution is -2.43. The minimum absolute atomic E-state index is 0.444. The highest BCUT2D eigenvalue weighted by Gasteiger charge is 2.25. The van der Waals surface area contributed by atoms with Crippen molar-refractivity contribution in [1.82, 2.24) is 5.43 Å². The molecule has 0 spiro atoms. The maximum Gasteiger partial charge on any atom is 0.0481 e. The molecule has 0 bridgehead atoms. The molecule has 90 valence electrons. The highest BCUT2D eigenvalue weighted by Crippen LogP contribution is 2.31. The van der Waals surface area contributed by atoms with Crippen molar-refractivity contribution in [3.63, 3.8) is 0 Å². The van der Waals surface area contributed by atoms with Gasteiger partial charge in [0.2, 0.25) is 0 Å². The number of ether oxygens (including phenoxy) is 1. The molecule has 3 heteroatoms. The zero-order chi connectivity index (χ0) is 11.1. The first-order valence-electron chi connectivity index (χ1n) is 6.31. The summed E-state index contributed by atoms with van der Waals surface area (Å²) >= 11 is 0. The van der Waals surface area contributed by atoms with Gasteiger partial charge in [0.05, 0.1) is 0 Å². The van der Waals surface area contributed by atoms with E-state index in [2.05, 4.69) is 12.3 Å². The molecule has 0 heterocycles. The summed E-state index contributed by atoms with van der Waals surface area (Å²) in [5, 5.41) is 0. The molecule has 3 N–H and O–H groups in total. The molecule has 0 aromatic carbocycles. The average Bonchev–Trinajstić information content (AvgIpc) is 2.24. The van der Waals surface area contributed by atoms with E-state index in [-0.39, 0.29) is 0 Å². The molecule has 3 atom stereocenters. The lowest BCUT2D eigenvalue weighted by atomic mass is 9.78. The lowest BCUT2D eigenvalue weighted by Gasteiger charge is -2.32. The second-order valence-electron chi connectivity index (χ2n) is 4.79. The van der Waals surface area contributed by atoms with E-state index in [1.54, 1.807) is 0 Å².